The standard InChI is InChI=1S/C13H16N4O4/c1-15-5-2-6-16(8-12(15)18)13(19)10-7-9(14)3-4-11(10)17(20)21/h3-4,7H,2,5-6,8,14H2,1H3. The maximum atomic E-state index is 12.5. The molecule has 0 aliphatic carbocycles. The predicted octanol–water partition coefficient (Wildman–Crippen LogP) is 0.481. The quantitative estimate of drug-likeness (QED) is 0.484. The number of nitro groups is 1. The molecular weight excluding hydrogens is 276 g/mol. The van der Waals surface area contributed by atoms with Gasteiger partial charge in [0.15, 0.2) is 0 Å². The van der Waals surface area contributed by atoms with Crippen LogP contribution in [0.5, 0.6) is 0 Å². The van der Waals surface area contributed by atoms with Gasteiger partial charge >= 0.3 is 0 Å². The summed E-state index contributed by atoms with van der Waals surface area (Å²) in [5, 5.41) is 11.0. The number of likely N-dealkylation sites (N-methyl/N-ethyl adjacent to an activating group) is 1. The molecule has 2 N–H and O–H groups in total. The second-order valence-electron chi connectivity index (χ2n) is 4.93. The molecule has 0 unspecified atom stereocenters. The van der Waals surface area contributed by atoms with Gasteiger partial charge in [0.25, 0.3) is 11.6 Å². The number of nitro benzene ring substituents is 1. The first-order chi connectivity index (χ1) is 9.90. The third-order valence-corrected chi connectivity index (χ3v) is 3.41. The van der Waals surface area contributed by atoms with E-state index in [9.17, 15) is 19.7 Å². The van der Waals surface area contributed by atoms with Crippen LogP contribution in [0.15, 0.2) is 18.2 Å². The van der Waals surface area contributed by atoms with Crippen molar-refractivity contribution in [3.05, 3.63) is 33.9 Å². The Morgan fingerprint density at radius 2 is 2.10 bits per heavy atom. The SMILES string of the molecule is CN1CCCN(C(=O)c2cc(N)ccc2[N+](=O)[O-])CC1=O. The van der Waals surface area contributed by atoms with Gasteiger partial charge in [-0.05, 0) is 18.6 Å². The Labute approximate surface area is 121 Å². The topological polar surface area (TPSA) is 110 Å². The number of carbonyl (C=O) groups is 2. The van der Waals surface area contributed by atoms with E-state index < -0.39 is 10.8 Å². The number of hydrogen-bond donors (Lipinski definition) is 1. The number of hydrogen-bond acceptors (Lipinski definition) is 5. The minimum Gasteiger partial charge on any atom is -0.399 e. The summed E-state index contributed by atoms with van der Waals surface area (Å²) in [5.41, 5.74) is 5.48. The smallest absolute Gasteiger partial charge is 0.282 e. The molecule has 1 heterocycles. The molecule has 21 heavy (non-hydrogen) atoms. The van der Waals surface area contributed by atoms with Gasteiger partial charge < -0.3 is 15.5 Å². The van der Waals surface area contributed by atoms with Crippen LogP contribution in [0, 0.1) is 10.1 Å². The number of rotatable bonds is 2. The number of carbonyl (C=O) groups excluding carboxylic acids is 2. The molecule has 2 rings (SSSR count). The number of nitrogen functional groups attached to an aromatic ring is 1. The molecule has 0 saturated carbocycles. The minimum atomic E-state index is -0.627. The van der Waals surface area contributed by atoms with Gasteiger partial charge in [-0.15, -0.1) is 0 Å². The lowest BCUT2D eigenvalue weighted by Crippen LogP contribution is -2.38. The molecule has 8 heteroatoms. The Bertz CT molecular complexity index is 602. The molecule has 1 saturated heterocycles. The number of nitrogens with zero attached hydrogens (tertiary/aromatic N) is 3. The Kier molecular flexibility index (Phi) is 4.06. The number of anilines is 1. The molecule has 8 nitrogen and oxygen atoms in total. The lowest BCUT2D eigenvalue weighted by atomic mass is 10.1. The normalized spacial score (nSPS) is 15.8. The fourth-order valence-electron chi connectivity index (χ4n) is 2.21. The molecule has 0 atom stereocenters. The molecule has 112 valence electrons. The average Bonchev–Trinajstić information content (AvgIpc) is 2.60. The van der Waals surface area contributed by atoms with E-state index in [1.165, 1.54) is 23.1 Å². The number of benzene rings is 1. The molecule has 1 aliphatic rings. The predicted molar refractivity (Wildman–Crippen MR) is 75.7 cm³/mol. The van der Waals surface area contributed by atoms with Gasteiger partial charge in [0.05, 0.1) is 4.92 Å². The van der Waals surface area contributed by atoms with Crippen LogP contribution in [0.2, 0.25) is 0 Å². The molecule has 0 radical (unpaired) electrons. The van der Waals surface area contributed by atoms with Crippen LogP contribution in [-0.2, 0) is 4.79 Å². The van der Waals surface area contributed by atoms with Crippen LogP contribution < -0.4 is 5.73 Å². The van der Waals surface area contributed by atoms with Crippen LogP contribution in [-0.4, -0.2) is 53.2 Å². The van der Waals surface area contributed by atoms with Crippen LogP contribution in [0.3, 0.4) is 0 Å². The average molecular weight is 292 g/mol. The Hall–Kier alpha value is -2.64. The third kappa shape index (κ3) is 3.10. The van der Waals surface area contributed by atoms with E-state index in [0.29, 0.717) is 19.5 Å². The zero-order valence-electron chi connectivity index (χ0n) is 11.6. The van der Waals surface area contributed by atoms with E-state index in [4.69, 9.17) is 5.73 Å². The van der Waals surface area contributed by atoms with Crippen molar-refractivity contribution in [2.75, 3.05) is 32.4 Å². The third-order valence-electron chi connectivity index (χ3n) is 3.41. The summed E-state index contributed by atoms with van der Waals surface area (Å²) in [5.74, 6) is -0.731. The van der Waals surface area contributed by atoms with E-state index in [1.54, 1.807) is 11.9 Å². The van der Waals surface area contributed by atoms with Crippen molar-refractivity contribution in [2.24, 2.45) is 0 Å². The summed E-state index contributed by atoms with van der Waals surface area (Å²) < 4.78 is 0. The van der Waals surface area contributed by atoms with Crippen LogP contribution in [0.4, 0.5) is 11.4 Å². The highest BCUT2D eigenvalue weighted by molar-refractivity contribution is 6.00. The van der Waals surface area contributed by atoms with Crippen molar-refractivity contribution in [1.29, 1.82) is 0 Å². The van der Waals surface area contributed by atoms with Gasteiger partial charge in [-0.1, -0.05) is 0 Å². The first-order valence-corrected chi connectivity index (χ1v) is 6.47. The monoisotopic (exact) mass is 292 g/mol. The molecule has 1 fully saturated rings. The number of nitrogens with two attached hydrogens (primary N) is 1. The maximum Gasteiger partial charge on any atom is 0.282 e. The van der Waals surface area contributed by atoms with Crippen molar-refractivity contribution in [3.63, 3.8) is 0 Å². The summed E-state index contributed by atoms with van der Waals surface area (Å²) in [6.45, 7) is 0.851. The summed E-state index contributed by atoms with van der Waals surface area (Å²) in [4.78, 5) is 37.6. The van der Waals surface area contributed by atoms with Crippen LogP contribution in [0.25, 0.3) is 0 Å². The highest BCUT2D eigenvalue weighted by Crippen LogP contribution is 2.23. The second-order valence-corrected chi connectivity index (χ2v) is 4.93. The molecule has 0 bridgehead atoms. The maximum absolute atomic E-state index is 12.5. The van der Waals surface area contributed by atoms with Gasteiger partial charge in [0.2, 0.25) is 5.91 Å². The molecule has 0 spiro atoms. The zero-order chi connectivity index (χ0) is 15.6. The van der Waals surface area contributed by atoms with Gasteiger partial charge in [-0.25, -0.2) is 0 Å². The highest BCUT2D eigenvalue weighted by Gasteiger charge is 2.28. The Morgan fingerprint density at radius 3 is 2.76 bits per heavy atom. The summed E-state index contributed by atoms with van der Waals surface area (Å²) >= 11 is 0. The lowest BCUT2D eigenvalue weighted by molar-refractivity contribution is -0.385. The molecule has 1 aliphatic heterocycles. The number of amides is 2. The van der Waals surface area contributed by atoms with Crippen LogP contribution in [0.1, 0.15) is 16.8 Å². The second kappa shape index (κ2) is 5.78. The largest absolute Gasteiger partial charge is 0.399 e. The van der Waals surface area contributed by atoms with E-state index in [1.807, 2.05) is 0 Å². The lowest BCUT2D eigenvalue weighted by Gasteiger charge is -2.19. The molecule has 1 aromatic carbocycles. The van der Waals surface area contributed by atoms with Crippen molar-refractivity contribution in [3.8, 4) is 0 Å². The molecular formula is C13H16N4O4. The van der Waals surface area contributed by atoms with Gasteiger partial charge in [-0.2, -0.15) is 0 Å². The van der Waals surface area contributed by atoms with E-state index in [-0.39, 0.29) is 29.4 Å². The molecule has 1 aromatic rings. The van der Waals surface area contributed by atoms with Crippen molar-refractivity contribution < 1.29 is 14.5 Å². The first kappa shape index (κ1) is 14.8. The fourth-order valence-corrected chi connectivity index (χ4v) is 2.21. The molecule has 2 amide bonds. The molecule has 0 aromatic heterocycles. The minimum absolute atomic E-state index is 0.0821. The van der Waals surface area contributed by atoms with Gasteiger partial charge in [0.1, 0.15) is 12.1 Å². The van der Waals surface area contributed by atoms with Gasteiger partial charge in [-0.3, -0.25) is 19.7 Å². The van der Waals surface area contributed by atoms with Crippen molar-refractivity contribution in [1.82, 2.24) is 9.80 Å². The Morgan fingerprint density at radius 1 is 1.38 bits per heavy atom. The van der Waals surface area contributed by atoms with Crippen LogP contribution >= 0.6 is 0 Å². The zero-order valence-corrected chi connectivity index (χ0v) is 11.6. The summed E-state index contributed by atoms with van der Waals surface area (Å²) in [7, 11) is 1.67. The first-order valence-electron chi connectivity index (χ1n) is 6.47. The summed E-state index contributed by atoms with van der Waals surface area (Å²) in [6, 6.07) is 3.85. The van der Waals surface area contributed by atoms with Crippen molar-refractivity contribution >= 4 is 23.2 Å². The Balaban J connectivity index is 2.33. The van der Waals surface area contributed by atoms with Gasteiger partial charge in [0, 0.05) is 31.9 Å². The highest BCUT2D eigenvalue weighted by atomic mass is 16.6. The van der Waals surface area contributed by atoms with Crippen molar-refractivity contribution in [2.45, 2.75) is 6.42 Å². The fraction of sp³-hybridized carbons (Fsp3) is 0.385. The van der Waals surface area contributed by atoms with E-state index >= 15 is 0 Å². The van der Waals surface area contributed by atoms with E-state index in [0.717, 1.165) is 0 Å². The summed E-state index contributed by atoms with van der Waals surface area (Å²) in [6.07, 6.45) is 0.629. The van der Waals surface area contributed by atoms with E-state index in [2.05, 4.69) is 0 Å².